The normalized spacial score (nSPS) is 15.1. The Bertz CT molecular complexity index is 879. The summed E-state index contributed by atoms with van der Waals surface area (Å²) in [5.74, 6) is 0. The lowest BCUT2D eigenvalue weighted by Crippen LogP contribution is -2.21. The van der Waals surface area contributed by atoms with Crippen molar-refractivity contribution in [3.8, 4) is 0 Å². The predicted octanol–water partition coefficient (Wildman–Crippen LogP) is 2.64. The zero-order valence-corrected chi connectivity index (χ0v) is 15.8. The number of aryl methyl sites for hydroxylation is 2. The van der Waals surface area contributed by atoms with Crippen LogP contribution >= 0.6 is 0 Å². The van der Waals surface area contributed by atoms with Crippen LogP contribution in [0, 0.1) is 0 Å². The maximum absolute atomic E-state index is 11.1. The van der Waals surface area contributed by atoms with Gasteiger partial charge in [0.15, 0.2) is 0 Å². The molecule has 1 unspecified atom stereocenters. The second kappa shape index (κ2) is 8.45. The number of hydrogen-bond donors (Lipinski definition) is 3. The summed E-state index contributed by atoms with van der Waals surface area (Å²) in [6.07, 6.45) is 7.55. The number of benzene rings is 2. The molecule has 142 valence electrons. The highest BCUT2D eigenvalue weighted by Crippen LogP contribution is 2.38. The first-order valence-electron chi connectivity index (χ1n) is 8.94. The Morgan fingerprint density at radius 1 is 1.04 bits per heavy atom. The quantitative estimate of drug-likeness (QED) is 0.705. The summed E-state index contributed by atoms with van der Waals surface area (Å²) >= 11 is 0. The number of carbonyl (C=O) groups is 2. The zero-order valence-electron chi connectivity index (χ0n) is 15.0. The van der Waals surface area contributed by atoms with Crippen molar-refractivity contribution in [2.45, 2.75) is 43.4 Å². The van der Waals surface area contributed by atoms with Crippen LogP contribution < -0.4 is 16.2 Å². The van der Waals surface area contributed by atoms with Crippen LogP contribution in [0.1, 0.15) is 45.5 Å². The number of hydrogen-bond acceptors (Lipinski definition) is 3. The first kappa shape index (κ1) is 19.3. The van der Waals surface area contributed by atoms with Crippen molar-refractivity contribution in [2.75, 3.05) is 5.32 Å². The maximum Gasteiger partial charge on any atom is 0.316 e. The van der Waals surface area contributed by atoms with Gasteiger partial charge in [0.1, 0.15) is 17.3 Å². The average Bonchev–Trinajstić information content (AvgIpc) is 3.31. The summed E-state index contributed by atoms with van der Waals surface area (Å²) in [6.45, 7) is 0. The van der Waals surface area contributed by atoms with E-state index in [1.807, 2.05) is 0 Å². The highest BCUT2D eigenvalue weighted by Gasteiger charge is 2.24. The SMILES string of the molecule is NC(=O)Nc1c2c(cc3c1CCC3)CCC2.NS(=O)c1cccc(C=O)c1. The maximum atomic E-state index is 11.1. The van der Waals surface area contributed by atoms with Crippen molar-refractivity contribution >= 4 is 29.0 Å². The van der Waals surface area contributed by atoms with Gasteiger partial charge in [0, 0.05) is 11.3 Å². The summed E-state index contributed by atoms with van der Waals surface area (Å²) in [5.41, 5.74) is 12.3. The monoisotopic (exact) mass is 385 g/mol. The van der Waals surface area contributed by atoms with E-state index >= 15 is 0 Å². The van der Waals surface area contributed by atoms with E-state index in [1.165, 1.54) is 41.2 Å². The van der Waals surface area contributed by atoms with Gasteiger partial charge in [-0.15, -0.1) is 0 Å². The zero-order chi connectivity index (χ0) is 19.4. The lowest BCUT2D eigenvalue weighted by molar-refractivity contribution is 0.112. The molecule has 0 saturated heterocycles. The van der Waals surface area contributed by atoms with E-state index in [9.17, 15) is 13.8 Å². The first-order valence-corrected chi connectivity index (χ1v) is 10.1. The number of nitrogens with one attached hydrogen (secondary N) is 1. The molecule has 0 saturated carbocycles. The molecule has 0 heterocycles. The number of carbonyl (C=O) groups excluding carboxylic acids is 2. The second-order valence-corrected chi connectivity index (χ2v) is 7.78. The molecule has 0 fully saturated rings. The second-order valence-electron chi connectivity index (χ2n) is 6.71. The summed E-state index contributed by atoms with van der Waals surface area (Å²) in [6, 6.07) is 8.30. The molecule has 0 spiro atoms. The number of fused-ring (bicyclic) bond motifs is 2. The largest absolute Gasteiger partial charge is 0.351 e. The highest BCUT2D eigenvalue weighted by molar-refractivity contribution is 7.82. The molecule has 2 aliphatic carbocycles. The fraction of sp³-hybridized carbons (Fsp3) is 0.300. The minimum Gasteiger partial charge on any atom is -0.351 e. The van der Waals surface area contributed by atoms with Gasteiger partial charge >= 0.3 is 6.03 Å². The van der Waals surface area contributed by atoms with Gasteiger partial charge in [0.05, 0.1) is 4.90 Å². The summed E-state index contributed by atoms with van der Waals surface area (Å²) in [5, 5.41) is 7.94. The standard InChI is InChI=1S/C13H16N2O.C7H7NO2S/c14-13(16)15-12-10-5-1-3-8(10)7-9-4-2-6-11(9)12;8-11(10)7-3-1-2-6(4-7)5-9/h7H,1-6H2,(H3,14,15,16);1-5H,8H2. The Kier molecular flexibility index (Phi) is 6.03. The van der Waals surface area contributed by atoms with Crippen molar-refractivity contribution in [2.24, 2.45) is 10.9 Å². The number of amides is 2. The molecule has 2 aromatic carbocycles. The fourth-order valence-electron chi connectivity index (χ4n) is 3.80. The van der Waals surface area contributed by atoms with Crippen molar-refractivity contribution in [3.63, 3.8) is 0 Å². The van der Waals surface area contributed by atoms with E-state index in [1.54, 1.807) is 18.2 Å². The third-order valence-electron chi connectivity index (χ3n) is 4.95. The van der Waals surface area contributed by atoms with Gasteiger partial charge in [0.2, 0.25) is 0 Å². The third-order valence-corrected chi connectivity index (χ3v) is 5.67. The van der Waals surface area contributed by atoms with Crippen LogP contribution in [0.25, 0.3) is 0 Å². The minimum atomic E-state index is -1.50. The summed E-state index contributed by atoms with van der Waals surface area (Å²) < 4.78 is 10.7. The van der Waals surface area contributed by atoms with Crippen LogP contribution in [0.4, 0.5) is 10.5 Å². The highest BCUT2D eigenvalue weighted by atomic mass is 32.2. The molecular weight excluding hydrogens is 362 g/mol. The topological polar surface area (TPSA) is 115 Å². The molecule has 4 rings (SSSR count). The summed E-state index contributed by atoms with van der Waals surface area (Å²) in [7, 11) is -1.50. The third kappa shape index (κ3) is 4.43. The van der Waals surface area contributed by atoms with Crippen molar-refractivity contribution < 1.29 is 13.8 Å². The molecule has 27 heavy (non-hydrogen) atoms. The minimum absolute atomic E-state index is 0.436. The Morgan fingerprint density at radius 2 is 1.67 bits per heavy atom. The molecule has 2 amide bonds. The molecule has 2 aromatic rings. The van der Waals surface area contributed by atoms with Gasteiger partial charge in [-0.05, 0) is 72.9 Å². The van der Waals surface area contributed by atoms with E-state index in [0.717, 1.165) is 31.4 Å². The molecule has 0 bridgehead atoms. The van der Waals surface area contributed by atoms with Crippen LogP contribution in [0.3, 0.4) is 0 Å². The van der Waals surface area contributed by atoms with E-state index in [-0.39, 0.29) is 0 Å². The molecule has 0 aromatic heterocycles. The van der Waals surface area contributed by atoms with Gasteiger partial charge < -0.3 is 11.1 Å². The predicted molar refractivity (Wildman–Crippen MR) is 106 cm³/mol. The number of nitrogens with two attached hydrogens (primary N) is 2. The smallest absolute Gasteiger partial charge is 0.316 e. The number of aldehydes is 1. The molecule has 5 N–H and O–H groups in total. The van der Waals surface area contributed by atoms with Gasteiger partial charge in [-0.25, -0.2) is 14.1 Å². The van der Waals surface area contributed by atoms with Crippen molar-refractivity contribution in [1.29, 1.82) is 0 Å². The number of rotatable bonds is 3. The number of anilines is 1. The van der Waals surface area contributed by atoms with Gasteiger partial charge in [-0.2, -0.15) is 0 Å². The van der Waals surface area contributed by atoms with E-state index in [0.29, 0.717) is 16.7 Å². The molecule has 0 aliphatic heterocycles. The molecular formula is C20H23N3O3S. The van der Waals surface area contributed by atoms with Crippen LogP contribution in [0.15, 0.2) is 35.2 Å². The van der Waals surface area contributed by atoms with E-state index in [2.05, 4.69) is 11.4 Å². The summed E-state index contributed by atoms with van der Waals surface area (Å²) in [4.78, 5) is 21.8. The van der Waals surface area contributed by atoms with Crippen LogP contribution in [-0.2, 0) is 36.7 Å². The van der Waals surface area contributed by atoms with E-state index < -0.39 is 17.0 Å². The van der Waals surface area contributed by atoms with E-state index in [4.69, 9.17) is 10.9 Å². The molecule has 2 aliphatic rings. The Balaban J connectivity index is 0.000000168. The Hall–Kier alpha value is -2.51. The molecule has 1 atom stereocenters. The molecule has 0 radical (unpaired) electrons. The lowest BCUT2D eigenvalue weighted by atomic mass is 9.99. The number of urea groups is 1. The molecule has 6 nitrogen and oxygen atoms in total. The fourth-order valence-corrected chi connectivity index (χ4v) is 4.27. The van der Waals surface area contributed by atoms with Gasteiger partial charge in [0.25, 0.3) is 0 Å². The van der Waals surface area contributed by atoms with Crippen molar-refractivity contribution in [1.82, 2.24) is 0 Å². The van der Waals surface area contributed by atoms with Crippen LogP contribution in [0.5, 0.6) is 0 Å². The average molecular weight is 385 g/mol. The molecule has 7 heteroatoms. The Labute approximate surface area is 160 Å². The van der Waals surface area contributed by atoms with Gasteiger partial charge in [-0.1, -0.05) is 18.2 Å². The van der Waals surface area contributed by atoms with Crippen molar-refractivity contribution in [3.05, 3.63) is 58.1 Å². The first-order chi connectivity index (χ1) is 13.0. The Morgan fingerprint density at radius 3 is 2.19 bits per heavy atom. The lowest BCUT2D eigenvalue weighted by Gasteiger charge is -2.14. The van der Waals surface area contributed by atoms with Crippen LogP contribution in [0.2, 0.25) is 0 Å². The van der Waals surface area contributed by atoms with Gasteiger partial charge in [-0.3, -0.25) is 4.79 Å². The number of primary amides is 1. The van der Waals surface area contributed by atoms with Crippen LogP contribution in [-0.4, -0.2) is 16.5 Å².